The molecule has 4 heterocycles. The molecule has 298 valence electrons. The van der Waals surface area contributed by atoms with Crippen molar-refractivity contribution in [3.8, 4) is 0 Å². The fraction of sp³-hybridized carbons (Fsp3) is 0.595. The van der Waals surface area contributed by atoms with Crippen molar-refractivity contribution in [1.82, 2.24) is 15.1 Å². The van der Waals surface area contributed by atoms with Gasteiger partial charge in [-0.3, -0.25) is 9.69 Å². The van der Waals surface area contributed by atoms with Crippen molar-refractivity contribution in [2.75, 3.05) is 32.8 Å². The van der Waals surface area contributed by atoms with Crippen LogP contribution < -0.4 is 5.32 Å². The normalized spacial score (nSPS) is 23.3. The van der Waals surface area contributed by atoms with E-state index in [0.717, 1.165) is 36.8 Å². The van der Waals surface area contributed by atoms with Crippen molar-refractivity contribution in [1.29, 1.82) is 0 Å². The molecule has 1 N–H and O–H groups in total. The molecule has 8 rings (SSSR count). The van der Waals surface area contributed by atoms with Crippen LogP contribution in [0, 0.1) is 18.8 Å². The zero-order chi connectivity index (χ0) is 39.3. The summed E-state index contributed by atoms with van der Waals surface area (Å²) in [4.78, 5) is 50.5. The van der Waals surface area contributed by atoms with Gasteiger partial charge in [0.2, 0.25) is 6.61 Å². The molecule has 54 heavy (non-hydrogen) atoms. The van der Waals surface area contributed by atoms with Crippen LogP contribution in [0.15, 0.2) is 60.7 Å². The molecule has 0 radical (unpaired) electrons. The quantitative estimate of drug-likeness (QED) is 0.104. The first-order valence-electron chi connectivity index (χ1n) is 19.6. The third-order valence-corrected chi connectivity index (χ3v) is 10.6. The SMILES string of the molecule is CCN(CC)CC.CCOC(=O)C1C2CCC(CC2)N1C(=O)OCc1ccccc1.O=C(Cl)OCc1ccccc1.[CH2+]COC(=O)C1NC2CCC1CC2. The molecule has 6 aliphatic rings. The number of halogens is 1. The number of rotatable bonds is 11. The van der Waals surface area contributed by atoms with Gasteiger partial charge in [0.25, 0.3) is 0 Å². The molecule has 2 aromatic carbocycles. The number of amides is 1. The number of piperidine rings is 4. The highest BCUT2D eigenvalue weighted by atomic mass is 35.5. The van der Waals surface area contributed by atoms with Gasteiger partial charge < -0.3 is 29.2 Å². The van der Waals surface area contributed by atoms with Crippen molar-refractivity contribution in [3.05, 3.63) is 78.7 Å². The molecule has 2 aromatic rings. The highest BCUT2D eigenvalue weighted by Crippen LogP contribution is 2.40. The van der Waals surface area contributed by atoms with Crippen LogP contribution in [0.4, 0.5) is 9.59 Å². The smallest absolute Gasteiger partial charge is 0.411 e. The van der Waals surface area contributed by atoms with Crippen LogP contribution in [0.2, 0.25) is 0 Å². The van der Waals surface area contributed by atoms with E-state index >= 15 is 0 Å². The van der Waals surface area contributed by atoms with Crippen LogP contribution in [0.3, 0.4) is 0 Å². The predicted molar refractivity (Wildman–Crippen MR) is 210 cm³/mol. The number of nitrogens with one attached hydrogen (secondary N) is 1. The highest BCUT2D eigenvalue weighted by Gasteiger charge is 2.49. The maximum atomic E-state index is 12.6. The molecule has 0 spiro atoms. The van der Waals surface area contributed by atoms with Gasteiger partial charge in [0.05, 0.1) is 6.61 Å². The lowest BCUT2D eigenvalue weighted by Gasteiger charge is -2.49. The van der Waals surface area contributed by atoms with E-state index in [1.54, 1.807) is 11.8 Å². The number of ether oxygens (including phenoxy) is 4. The van der Waals surface area contributed by atoms with E-state index in [-0.39, 0.29) is 49.8 Å². The van der Waals surface area contributed by atoms with E-state index in [0.29, 0.717) is 18.6 Å². The van der Waals surface area contributed by atoms with Crippen molar-refractivity contribution >= 4 is 35.1 Å². The Labute approximate surface area is 327 Å². The maximum absolute atomic E-state index is 12.6. The Bertz CT molecular complexity index is 1370. The number of benzene rings is 2. The van der Waals surface area contributed by atoms with E-state index < -0.39 is 17.6 Å². The molecule has 4 bridgehead atoms. The van der Waals surface area contributed by atoms with Crippen LogP contribution >= 0.6 is 11.6 Å². The molecular formula is C42H61ClN3O8+. The molecule has 4 saturated heterocycles. The first kappa shape index (κ1) is 44.6. The summed E-state index contributed by atoms with van der Waals surface area (Å²) >= 11 is 4.97. The summed E-state index contributed by atoms with van der Waals surface area (Å²) in [5.41, 5.74) is 1.10. The summed E-state index contributed by atoms with van der Waals surface area (Å²) in [6.07, 6.45) is 8.25. The fourth-order valence-corrected chi connectivity index (χ4v) is 7.64. The van der Waals surface area contributed by atoms with Crippen LogP contribution in [0.5, 0.6) is 0 Å². The number of fused-ring (bicyclic) bond motifs is 6. The standard InChI is InChI=1S/C18H23NO4.C10H16NO2.C8H7ClO2.C6H15N/c1-2-22-17(20)16-14-8-10-15(11-9-14)19(16)18(21)23-12-13-6-4-3-5-7-13;1-2-13-10(12)9-7-3-5-8(11-9)6-4-7;9-8(10)11-6-7-4-2-1-3-5-7;1-4-7(5-2)6-3/h3-7,14-16H,2,8-12H2,1H3;7-9,11H,1-6H2;1-5H,6H2;4-6H2,1-3H3/q;+1;;. The van der Waals surface area contributed by atoms with Gasteiger partial charge in [0.15, 0.2) is 0 Å². The van der Waals surface area contributed by atoms with Crippen LogP contribution in [-0.4, -0.2) is 90.3 Å². The van der Waals surface area contributed by atoms with Crippen LogP contribution in [0.25, 0.3) is 0 Å². The number of esters is 2. The lowest BCUT2D eigenvalue weighted by molar-refractivity contribution is -0.157. The molecule has 4 aliphatic heterocycles. The van der Waals surface area contributed by atoms with Gasteiger partial charge in [-0.05, 0) is 101 Å². The van der Waals surface area contributed by atoms with Crippen LogP contribution in [0.1, 0.15) is 90.2 Å². The van der Waals surface area contributed by atoms with Gasteiger partial charge >= 0.3 is 23.5 Å². The second-order valence-corrected chi connectivity index (χ2v) is 14.1. The van der Waals surface area contributed by atoms with Gasteiger partial charge in [0, 0.05) is 23.7 Å². The minimum Gasteiger partial charge on any atom is -0.464 e. The van der Waals surface area contributed by atoms with Gasteiger partial charge in [-0.1, -0.05) is 81.4 Å². The third-order valence-electron chi connectivity index (χ3n) is 10.5. The fourth-order valence-electron chi connectivity index (χ4n) is 7.59. The van der Waals surface area contributed by atoms with E-state index in [1.165, 1.54) is 45.3 Å². The number of hydrogen-bond donors (Lipinski definition) is 1. The minimum absolute atomic E-state index is 0.0470. The van der Waals surface area contributed by atoms with E-state index in [4.69, 9.17) is 25.8 Å². The summed E-state index contributed by atoms with van der Waals surface area (Å²) in [5, 5.41) is 3.34. The predicted octanol–water partition coefficient (Wildman–Crippen LogP) is 7.93. The Hall–Kier alpha value is -3.80. The lowest BCUT2D eigenvalue weighted by atomic mass is 9.75. The first-order valence-corrected chi connectivity index (χ1v) is 20.0. The summed E-state index contributed by atoms with van der Waals surface area (Å²) in [7, 11) is 0. The zero-order valence-electron chi connectivity index (χ0n) is 32.6. The van der Waals surface area contributed by atoms with Crippen molar-refractivity contribution < 1.29 is 38.1 Å². The van der Waals surface area contributed by atoms with Gasteiger partial charge in [0.1, 0.15) is 32.2 Å². The van der Waals surface area contributed by atoms with Crippen molar-refractivity contribution in [3.63, 3.8) is 0 Å². The van der Waals surface area contributed by atoms with Crippen molar-refractivity contribution in [2.45, 2.75) is 116 Å². The number of nitrogens with zero attached hydrogens (tertiary/aromatic N) is 2. The average Bonchev–Trinajstić information content (AvgIpc) is 3.22. The molecule has 6 fully saturated rings. The maximum Gasteiger partial charge on any atom is 0.411 e. The zero-order valence-corrected chi connectivity index (χ0v) is 33.3. The molecule has 1 amide bonds. The van der Waals surface area contributed by atoms with Crippen LogP contribution in [-0.2, 0) is 41.8 Å². The Morgan fingerprint density at radius 3 is 1.65 bits per heavy atom. The van der Waals surface area contributed by atoms with Gasteiger partial charge in [-0.25, -0.2) is 14.4 Å². The number of hydrogen-bond acceptors (Lipinski definition) is 10. The van der Waals surface area contributed by atoms with E-state index in [1.807, 2.05) is 60.7 Å². The topological polar surface area (TPSA) is 124 Å². The Kier molecular flexibility index (Phi) is 20.3. The largest absolute Gasteiger partial charge is 0.464 e. The average molecular weight is 771 g/mol. The molecule has 11 nitrogen and oxygen atoms in total. The Balaban J connectivity index is 0.000000214. The second kappa shape index (κ2) is 24.6. The minimum atomic E-state index is -0.770. The van der Waals surface area contributed by atoms with E-state index in [2.05, 4.69) is 42.6 Å². The Morgan fingerprint density at radius 1 is 0.704 bits per heavy atom. The first-order chi connectivity index (χ1) is 26.1. The van der Waals surface area contributed by atoms with Crippen molar-refractivity contribution in [2.24, 2.45) is 11.8 Å². The molecule has 2 saturated carbocycles. The third kappa shape index (κ3) is 14.5. The summed E-state index contributed by atoms with van der Waals surface area (Å²) < 4.78 is 20.1. The molecule has 0 aromatic heterocycles. The monoisotopic (exact) mass is 770 g/mol. The number of carbonyl (C=O) groups is 4. The Morgan fingerprint density at radius 2 is 1.22 bits per heavy atom. The molecule has 2 atom stereocenters. The van der Waals surface area contributed by atoms with E-state index in [9.17, 15) is 19.2 Å². The van der Waals surface area contributed by atoms with Gasteiger partial charge in [-0.2, -0.15) is 0 Å². The second-order valence-electron chi connectivity index (χ2n) is 13.8. The molecular weight excluding hydrogens is 710 g/mol. The molecule has 12 heteroatoms. The highest BCUT2D eigenvalue weighted by molar-refractivity contribution is 6.61. The summed E-state index contributed by atoms with van der Waals surface area (Å²) in [6.45, 7) is 16.5. The van der Waals surface area contributed by atoms with Gasteiger partial charge in [-0.15, -0.1) is 0 Å². The number of carbonyl (C=O) groups excluding carboxylic acids is 4. The summed E-state index contributed by atoms with van der Waals surface area (Å²) in [6, 6.07) is 19.1. The summed E-state index contributed by atoms with van der Waals surface area (Å²) in [5.74, 6) is 0.301. The lowest BCUT2D eigenvalue weighted by Crippen LogP contribution is -2.60. The molecule has 2 aliphatic carbocycles. The molecule has 2 unspecified atom stereocenters.